The lowest BCUT2D eigenvalue weighted by atomic mass is 9.99. The van der Waals surface area contributed by atoms with Crippen LogP contribution < -0.4 is 5.32 Å². The fourth-order valence-electron chi connectivity index (χ4n) is 1.89. The molecule has 0 bridgehead atoms. The molecule has 13 heavy (non-hydrogen) atoms. The van der Waals surface area contributed by atoms with Crippen LogP contribution in [0.5, 0.6) is 0 Å². The molecular formula is C10H16N2S. The first-order valence-electron chi connectivity index (χ1n) is 5.03. The predicted octanol–water partition coefficient (Wildman–Crippen LogP) is 2.08. The molecule has 1 saturated heterocycles. The molecule has 0 spiro atoms. The summed E-state index contributed by atoms with van der Waals surface area (Å²) in [7, 11) is 0. The Hall–Kier alpha value is -0.410. The number of hydrogen-bond donors (Lipinski definition) is 1. The minimum Gasteiger partial charge on any atom is -0.316 e. The van der Waals surface area contributed by atoms with Gasteiger partial charge in [0.2, 0.25) is 0 Å². The van der Waals surface area contributed by atoms with Crippen LogP contribution in [0.4, 0.5) is 0 Å². The van der Waals surface area contributed by atoms with Gasteiger partial charge in [-0.3, -0.25) is 4.98 Å². The molecule has 1 aliphatic rings. The zero-order valence-corrected chi connectivity index (χ0v) is 8.65. The lowest BCUT2D eigenvalue weighted by Crippen LogP contribution is -2.21. The number of nitrogens with one attached hydrogen (secondary N) is 1. The highest BCUT2D eigenvalue weighted by atomic mass is 32.1. The molecule has 1 aromatic rings. The van der Waals surface area contributed by atoms with Gasteiger partial charge in [0.05, 0.1) is 5.51 Å². The number of rotatable bonds is 2. The van der Waals surface area contributed by atoms with E-state index in [0.717, 1.165) is 5.92 Å². The van der Waals surface area contributed by atoms with Crippen molar-refractivity contribution >= 4 is 11.3 Å². The Bertz CT molecular complexity index is 225. The molecule has 1 atom stereocenters. The Morgan fingerprint density at radius 1 is 1.54 bits per heavy atom. The van der Waals surface area contributed by atoms with E-state index in [1.54, 1.807) is 11.3 Å². The molecule has 72 valence electrons. The maximum atomic E-state index is 4.11. The zero-order chi connectivity index (χ0) is 8.93. The third-order valence-corrected chi connectivity index (χ3v) is 3.42. The Labute approximate surface area is 83.4 Å². The van der Waals surface area contributed by atoms with Crippen LogP contribution in [0.3, 0.4) is 0 Å². The van der Waals surface area contributed by atoms with E-state index < -0.39 is 0 Å². The summed E-state index contributed by atoms with van der Waals surface area (Å²) >= 11 is 1.78. The SMILES string of the molecule is c1ncc(CC2CCCCNC2)s1. The van der Waals surface area contributed by atoms with E-state index in [4.69, 9.17) is 0 Å². The van der Waals surface area contributed by atoms with Crippen LogP contribution in [-0.4, -0.2) is 18.1 Å². The van der Waals surface area contributed by atoms with E-state index in [0.29, 0.717) is 0 Å². The second-order valence-corrected chi connectivity index (χ2v) is 4.71. The Morgan fingerprint density at radius 2 is 2.54 bits per heavy atom. The van der Waals surface area contributed by atoms with Crippen molar-refractivity contribution in [2.45, 2.75) is 25.7 Å². The molecule has 1 N–H and O–H groups in total. The summed E-state index contributed by atoms with van der Waals surface area (Å²) in [5.41, 5.74) is 1.93. The van der Waals surface area contributed by atoms with Gasteiger partial charge >= 0.3 is 0 Å². The highest BCUT2D eigenvalue weighted by Crippen LogP contribution is 2.18. The molecular weight excluding hydrogens is 180 g/mol. The summed E-state index contributed by atoms with van der Waals surface area (Å²) in [6.45, 7) is 2.40. The maximum Gasteiger partial charge on any atom is 0.0794 e. The predicted molar refractivity (Wildman–Crippen MR) is 56.0 cm³/mol. The summed E-state index contributed by atoms with van der Waals surface area (Å²) in [4.78, 5) is 5.55. The second-order valence-electron chi connectivity index (χ2n) is 3.74. The minimum absolute atomic E-state index is 0.836. The van der Waals surface area contributed by atoms with Gasteiger partial charge in [-0.05, 0) is 38.3 Å². The van der Waals surface area contributed by atoms with Crippen molar-refractivity contribution in [1.29, 1.82) is 0 Å². The van der Waals surface area contributed by atoms with E-state index in [1.807, 2.05) is 11.7 Å². The van der Waals surface area contributed by atoms with E-state index in [1.165, 1.54) is 43.6 Å². The van der Waals surface area contributed by atoms with Crippen molar-refractivity contribution in [3.05, 3.63) is 16.6 Å². The number of nitrogens with zero attached hydrogens (tertiary/aromatic N) is 1. The van der Waals surface area contributed by atoms with Gasteiger partial charge in [0.1, 0.15) is 0 Å². The van der Waals surface area contributed by atoms with Gasteiger partial charge in [0.25, 0.3) is 0 Å². The van der Waals surface area contributed by atoms with Crippen LogP contribution in [0.2, 0.25) is 0 Å². The Balaban J connectivity index is 1.86. The molecule has 0 amide bonds. The highest BCUT2D eigenvalue weighted by Gasteiger charge is 2.12. The van der Waals surface area contributed by atoms with Crippen LogP contribution in [-0.2, 0) is 6.42 Å². The summed E-state index contributed by atoms with van der Waals surface area (Å²) in [5, 5.41) is 3.49. The van der Waals surface area contributed by atoms with Gasteiger partial charge in [-0.2, -0.15) is 0 Å². The van der Waals surface area contributed by atoms with Gasteiger partial charge in [0.15, 0.2) is 0 Å². The number of aromatic nitrogens is 1. The summed E-state index contributed by atoms with van der Waals surface area (Å²) in [6, 6.07) is 0. The van der Waals surface area contributed by atoms with Gasteiger partial charge in [-0.25, -0.2) is 0 Å². The molecule has 2 nitrogen and oxygen atoms in total. The van der Waals surface area contributed by atoms with E-state index in [2.05, 4.69) is 10.3 Å². The maximum absolute atomic E-state index is 4.11. The second kappa shape index (κ2) is 4.72. The number of hydrogen-bond acceptors (Lipinski definition) is 3. The highest BCUT2D eigenvalue weighted by molar-refractivity contribution is 7.09. The van der Waals surface area contributed by atoms with E-state index >= 15 is 0 Å². The molecule has 0 aromatic carbocycles. The van der Waals surface area contributed by atoms with Crippen LogP contribution >= 0.6 is 11.3 Å². The molecule has 0 aliphatic carbocycles. The summed E-state index contributed by atoms with van der Waals surface area (Å²) < 4.78 is 0. The van der Waals surface area contributed by atoms with Crippen molar-refractivity contribution in [1.82, 2.24) is 10.3 Å². The Morgan fingerprint density at radius 3 is 3.38 bits per heavy atom. The van der Waals surface area contributed by atoms with Crippen molar-refractivity contribution in [2.75, 3.05) is 13.1 Å². The largest absolute Gasteiger partial charge is 0.316 e. The molecule has 1 aromatic heterocycles. The van der Waals surface area contributed by atoms with Crippen LogP contribution in [0.15, 0.2) is 11.7 Å². The lowest BCUT2D eigenvalue weighted by Gasteiger charge is -2.11. The molecule has 1 fully saturated rings. The minimum atomic E-state index is 0.836. The van der Waals surface area contributed by atoms with Crippen LogP contribution in [0.25, 0.3) is 0 Å². The third-order valence-electron chi connectivity index (χ3n) is 2.62. The standard InChI is InChI=1S/C10H16N2S/c1-2-4-11-6-9(3-1)5-10-7-12-8-13-10/h7-9,11H,1-6H2. The first-order valence-corrected chi connectivity index (χ1v) is 5.91. The molecule has 3 heteroatoms. The van der Waals surface area contributed by atoms with E-state index in [-0.39, 0.29) is 0 Å². The molecule has 1 aliphatic heterocycles. The molecule has 1 unspecified atom stereocenters. The van der Waals surface area contributed by atoms with Gasteiger partial charge in [0, 0.05) is 11.1 Å². The number of thiazole rings is 1. The Kier molecular flexibility index (Phi) is 3.33. The first kappa shape index (κ1) is 9.16. The van der Waals surface area contributed by atoms with Crippen molar-refractivity contribution in [3.63, 3.8) is 0 Å². The van der Waals surface area contributed by atoms with Crippen molar-refractivity contribution in [3.8, 4) is 0 Å². The molecule has 2 heterocycles. The third kappa shape index (κ3) is 2.78. The molecule has 0 saturated carbocycles. The fourth-order valence-corrected chi connectivity index (χ4v) is 2.60. The van der Waals surface area contributed by atoms with Crippen molar-refractivity contribution in [2.24, 2.45) is 5.92 Å². The normalized spacial score (nSPS) is 24.2. The molecule has 0 radical (unpaired) electrons. The van der Waals surface area contributed by atoms with Gasteiger partial charge in [-0.15, -0.1) is 11.3 Å². The van der Waals surface area contributed by atoms with Crippen molar-refractivity contribution < 1.29 is 0 Å². The fraction of sp³-hybridized carbons (Fsp3) is 0.700. The summed E-state index contributed by atoms with van der Waals surface area (Å²) in [6.07, 6.45) is 7.34. The quantitative estimate of drug-likeness (QED) is 0.783. The summed E-state index contributed by atoms with van der Waals surface area (Å²) in [5.74, 6) is 0.836. The average Bonchev–Trinajstić information content (AvgIpc) is 2.49. The van der Waals surface area contributed by atoms with Crippen LogP contribution in [0.1, 0.15) is 24.1 Å². The smallest absolute Gasteiger partial charge is 0.0794 e. The average molecular weight is 196 g/mol. The van der Waals surface area contributed by atoms with Gasteiger partial charge in [-0.1, -0.05) is 6.42 Å². The zero-order valence-electron chi connectivity index (χ0n) is 7.83. The van der Waals surface area contributed by atoms with E-state index in [9.17, 15) is 0 Å². The lowest BCUT2D eigenvalue weighted by molar-refractivity contribution is 0.480. The topological polar surface area (TPSA) is 24.9 Å². The molecule has 2 rings (SSSR count). The van der Waals surface area contributed by atoms with Crippen LogP contribution in [0, 0.1) is 5.92 Å². The first-order chi connectivity index (χ1) is 6.45. The monoisotopic (exact) mass is 196 g/mol. The van der Waals surface area contributed by atoms with Gasteiger partial charge < -0.3 is 5.32 Å².